The third kappa shape index (κ3) is 1.37. The van der Waals surface area contributed by atoms with Crippen molar-refractivity contribution in [3.8, 4) is 11.4 Å². The molecule has 4 heteroatoms. The molecule has 16 heavy (non-hydrogen) atoms. The maximum absolute atomic E-state index is 6.14. The molecule has 3 rings (SSSR count). The van der Waals surface area contributed by atoms with E-state index in [1.54, 1.807) is 0 Å². The number of pyridine rings is 1. The number of benzene rings is 1. The van der Waals surface area contributed by atoms with Crippen LogP contribution in [0, 0.1) is 0 Å². The fourth-order valence-corrected chi connectivity index (χ4v) is 1.92. The molecule has 0 radical (unpaired) electrons. The van der Waals surface area contributed by atoms with Crippen molar-refractivity contribution in [2.75, 3.05) is 0 Å². The van der Waals surface area contributed by atoms with Crippen LogP contribution in [-0.4, -0.2) is 14.6 Å². The van der Waals surface area contributed by atoms with E-state index >= 15 is 0 Å². The quantitative estimate of drug-likeness (QED) is 0.601. The summed E-state index contributed by atoms with van der Waals surface area (Å²) in [5.74, 6) is 0.765. The third-order valence-corrected chi connectivity index (χ3v) is 2.71. The van der Waals surface area contributed by atoms with Gasteiger partial charge in [-0.3, -0.25) is 4.40 Å². The first-order valence-corrected chi connectivity index (χ1v) is 5.29. The largest absolute Gasteiger partial charge is 0.265 e. The summed E-state index contributed by atoms with van der Waals surface area (Å²) in [6.07, 6.45) is 0. The number of hydrogen-bond donors (Lipinski definition) is 0. The predicted molar refractivity (Wildman–Crippen MR) is 63.4 cm³/mol. The molecule has 0 saturated heterocycles. The maximum atomic E-state index is 6.14. The average molecular weight is 230 g/mol. The van der Waals surface area contributed by atoms with E-state index in [4.69, 9.17) is 11.6 Å². The second-order valence-electron chi connectivity index (χ2n) is 3.43. The molecule has 78 valence electrons. The van der Waals surface area contributed by atoms with Gasteiger partial charge in [-0.25, -0.2) is 0 Å². The number of hydrogen-bond acceptors (Lipinski definition) is 2. The highest BCUT2D eigenvalue weighted by Crippen LogP contribution is 2.21. The summed E-state index contributed by atoms with van der Waals surface area (Å²) in [5, 5.41) is 8.85. The van der Waals surface area contributed by atoms with E-state index in [2.05, 4.69) is 10.2 Å². The van der Waals surface area contributed by atoms with Crippen LogP contribution in [0.4, 0.5) is 0 Å². The molecule has 0 bridgehead atoms. The Balaban J connectivity index is 2.33. The Hall–Kier alpha value is -1.87. The maximum Gasteiger partial charge on any atom is 0.169 e. The highest BCUT2D eigenvalue weighted by Gasteiger charge is 2.09. The van der Waals surface area contributed by atoms with Gasteiger partial charge >= 0.3 is 0 Å². The monoisotopic (exact) mass is 229 g/mol. The van der Waals surface area contributed by atoms with Crippen molar-refractivity contribution >= 4 is 17.2 Å². The van der Waals surface area contributed by atoms with Crippen molar-refractivity contribution in [3.63, 3.8) is 0 Å². The zero-order chi connectivity index (χ0) is 11.0. The zero-order valence-electron chi connectivity index (χ0n) is 8.34. The summed E-state index contributed by atoms with van der Waals surface area (Å²) in [6.45, 7) is 0. The standard InChI is InChI=1S/C12H8ClN3/c13-10-7-4-8-11-14-15-12(16(10)11)9-5-2-1-3-6-9/h1-8H. The number of fused-ring (bicyclic) bond motifs is 1. The van der Waals surface area contributed by atoms with Gasteiger partial charge in [0.15, 0.2) is 11.5 Å². The molecule has 0 saturated carbocycles. The van der Waals surface area contributed by atoms with E-state index in [1.807, 2.05) is 52.9 Å². The third-order valence-electron chi connectivity index (χ3n) is 2.41. The van der Waals surface area contributed by atoms with Crippen LogP contribution in [0.3, 0.4) is 0 Å². The Morgan fingerprint density at radius 1 is 0.875 bits per heavy atom. The molecule has 0 spiro atoms. The molecule has 3 nitrogen and oxygen atoms in total. The molecule has 0 aliphatic heterocycles. The van der Waals surface area contributed by atoms with E-state index in [-0.39, 0.29) is 0 Å². The van der Waals surface area contributed by atoms with Crippen molar-refractivity contribution < 1.29 is 0 Å². The number of rotatable bonds is 1. The molecule has 0 amide bonds. The summed E-state index contributed by atoms with van der Waals surface area (Å²) in [5.41, 5.74) is 1.76. The van der Waals surface area contributed by atoms with Gasteiger partial charge in [0.1, 0.15) is 5.15 Å². The molecule has 0 unspecified atom stereocenters. The first-order chi connectivity index (χ1) is 7.86. The topological polar surface area (TPSA) is 30.2 Å². The van der Waals surface area contributed by atoms with Crippen molar-refractivity contribution in [3.05, 3.63) is 53.7 Å². The molecule has 0 fully saturated rings. The second kappa shape index (κ2) is 3.61. The van der Waals surface area contributed by atoms with Crippen LogP contribution in [-0.2, 0) is 0 Å². The van der Waals surface area contributed by atoms with Gasteiger partial charge in [0.05, 0.1) is 0 Å². The number of aromatic nitrogens is 3. The summed E-state index contributed by atoms with van der Waals surface area (Å²) in [6, 6.07) is 15.4. The molecule has 2 heterocycles. The van der Waals surface area contributed by atoms with Crippen molar-refractivity contribution in [1.82, 2.24) is 14.6 Å². The summed E-state index contributed by atoms with van der Waals surface area (Å²) in [7, 11) is 0. The lowest BCUT2D eigenvalue weighted by Crippen LogP contribution is -1.90. The van der Waals surface area contributed by atoms with Crippen LogP contribution < -0.4 is 0 Å². The molecular weight excluding hydrogens is 222 g/mol. The minimum absolute atomic E-state index is 0.612. The molecule has 0 atom stereocenters. The zero-order valence-corrected chi connectivity index (χ0v) is 9.09. The van der Waals surface area contributed by atoms with Gasteiger partial charge in [-0.05, 0) is 12.1 Å². The fraction of sp³-hybridized carbons (Fsp3) is 0. The Morgan fingerprint density at radius 3 is 2.50 bits per heavy atom. The summed E-state index contributed by atoms with van der Waals surface area (Å²) < 4.78 is 1.83. The van der Waals surface area contributed by atoms with Crippen LogP contribution in [0.15, 0.2) is 48.5 Å². The highest BCUT2D eigenvalue weighted by molar-refractivity contribution is 6.29. The lowest BCUT2D eigenvalue weighted by atomic mass is 10.2. The van der Waals surface area contributed by atoms with Gasteiger partial charge in [-0.15, -0.1) is 10.2 Å². The normalized spacial score (nSPS) is 10.8. The average Bonchev–Trinajstić information content (AvgIpc) is 2.75. The van der Waals surface area contributed by atoms with Gasteiger partial charge in [0.25, 0.3) is 0 Å². The van der Waals surface area contributed by atoms with Gasteiger partial charge in [-0.2, -0.15) is 0 Å². The second-order valence-corrected chi connectivity index (χ2v) is 3.82. The van der Waals surface area contributed by atoms with E-state index < -0.39 is 0 Å². The van der Waals surface area contributed by atoms with Gasteiger partial charge in [0.2, 0.25) is 0 Å². The fourth-order valence-electron chi connectivity index (χ4n) is 1.68. The van der Waals surface area contributed by atoms with Crippen LogP contribution >= 0.6 is 11.6 Å². The Bertz CT molecular complexity index is 631. The van der Waals surface area contributed by atoms with Crippen LogP contribution in [0.25, 0.3) is 17.0 Å². The Labute approximate surface area is 97.3 Å². The molecule has 0 aliphatic carbocycles. The van der Waals surface area contributed by atoms with Crippen LogP contribution in [0.5, 0.6) is 0 Å². The van der Waals surface area contributed by atoms with Crippen molar-refractivity contribution in [1.29, 1.82) is 0 Å². The van der Waals surface area contributed by atoms with Crippen molar-refractivity contribution in [2.45, 2.75) is 0 Å². The first kappa shape index (κ1) is 9.36. The Kier molecular flexibility index (Phi) is 2.11. The van der Waals surface area contributed by atoms with Crippen molar-refractivity contribution in [2.24, 2.45) is 0 Å². The molecule has 1 aromatic carbocycles. The molecular formula is C12H8ClN3. The van der Waals surface area contributed by atoms with Gasteiger partial charge in [0, 0.05) is 5.56 Å². The molecule has 0 N–H and O–H groups in total. The first-order valence-electron chi connectivity index (χ1n) is 4.91. The summed E-state index contributed by atoms with van der Waals surface area (Å²) in [4.78, 5) is 0. The van der Waals surface area contributed by atoms with E-state index in [1.165, 1.54) is 0 Å². The highest BCUT2D eigenvalue weighted by atomic mass is 35.5. The smallest absolute Gasteiger partial charge is 0.169 e. The minimum Gasteiger partial charge on any atom is -0.265 e. The lowest BCUT2D eigenvalue weighted by molar-refractivity contribution is 1.11. The molecule has 2 aromatic heterocycles. The number of halogens is 1. The van der Waals surface area contributed by atoms with E-state index in [0.717, 1.165) is 17.0 Å². The van der Waals surface area contributed by atoms with Crippen LogP contribution in [0.2, 0.25) is 5.15 Å². The lowest BCUT2D eigenvalue weighted by Gasteiger charge is -2.01. The van der Waals surface area contributed by atoms with E-state index in [9.17, 15) is 0 Å². The Morgan fingerprint density at radius 2 is 1.69 bits per heavy atom. The predicted octanol–water partition coefficient (Wildman–Crippen LogP) is 3.05. The van der Waals surface area contributed by atoms with Gasteiger partial charge in [-0.1, -0.05) is 48.0 Å². The van der Waals surface area contributed by atoms with Gasteiger partial charge < -0.3 is 0 Å². The minimum atomic E-state index is 0.612. The molecule has 3 aromatic rings. The molecule has 0 aliphatic rings. The number of nitrogens with zero attached hydrogens (tertiary/aromatic N) is 3. The van der Waals surface area contributed by atoms with Crippen LogP contribution in [0.1, 0.15) is 0 Å². The summed E-state index contributed by atoms with van der Waals surface area (Å²) >= 11 is 6.14. The van der Waals surface area contributed by atoms with E-state index in [0.29, 0.717) is 5.15 Å². The SMILES string of the molecule is Clc1cccc2nnc(-c3ccccc3)n12.